The number of likely N-dealkylation sites (tertiary alicyclic amines) is 2. The van der Waals surface area contributed by atoms with Gasteiger partial charge < -0.3 is 34.4 Å². The highest BCUT2D eigenvalue weighted by Crippen LogP contribution is 2.59. The Morgan fingerprint density at radius 1 is 0.887 bits per heavy atom. The molecule has 12 nitrogen and oxygen atoms in total. The van der Waals surface area contributed by atoms with Crippen LogP contribution >= 0.6 is 11.6 Å². The zero-order chi connectivity index (χ0) is 50.4. The van der Waals surface area contributed by atoms with E-state index in [1.165, 1.54) is 19.3 Å². The molecule has 5 fully saturated rings. The summed E-state index contributed by atoms with van der Waals surface area (Å²) in [5.74, 6) is 4.22. The predicted molar refractivity (Wildman–Crippen MR) is 278 cm³/mol. The number of hydrogen-bond acceptors (Lipinski definition) is 10. The van der Waals surface area contributed by atoms with Crippen LogP contribution in [0.15, 0.2) is 66.9 Å². The first-order chi connectivity index (χ1) is 33.8. The highest BCUT2D eigenvalue weighted by atomic mass is 35.5. The molecule has 3 N–H and O–H groups in total. The monoisotopic (exact) mass is 989 g/mol. The lowest BCUT2D eigenvalue weighted by Gasteiger charge is -2.65. The summed E-state index contributed by atoms with van der Waals surface area (Å²) in [7, 11) is 1.82. The van der Waals surface area contributed by atoms with E-state index in [-0.39, 0.29) is 64.9 Å². The summed E-state index contributed by atoms with van der Waals surface area (Å²) in [5.41, 5.74) is 1.49. The van der Waals surface area contributed by atoms with Crippen molar-refractivity contribution in [1.29, 1.82) is 5.26 Å². The summed E-state index contributed by atoms with van der Waals surface area (Å²) in [5, 5.41) is 28.4. The Balaban J connectivity index is 0.819. The van der Waals surface area contributed by atoms with Crippen LogP contribution in [0.1, 0.15) is 129 Å². The molecule has 0 bridgehead atoms. The molecule has 0 spiro atoms. The Kier molecular flexibility index (Phi) is 14.9. The molecule has 1 saturated carbocycles. The van der Waals surface area contributed by atoms with Crippen molar-refractivity contribution >= 4 is 29.0 Å². The number of ether oxygens (including phenoxy) is 3. The number of hydrogen-bond donors (Lipinski definition) is 3. The van der Waals surface area contributed by atoms with E-state index in [2.05, 4.69) is 61.1 Å². The van der Waals surface area contributed by atoms with E-state index in [0.717, 1.165) is 80.6 Å². The van der Waals surface area contributed by atoms with Gasteiger partial charge in [0.25, 0.3) is 0 Å². The minimum absolute atomic E-state index is 0.0139. The number of benzene rings is 3. The second-order valence-electron chi connectivity index (χ2n) is 23.4. The standard InChI is InChI=1S/C58H77ClN6O6/c1-9-10-11-12-37-27-45-49(34-65(53(45)67)54-56(2,3)55(57(54,4)5)71-42-15-13-38(32-60)47(59)30-42)62-51(28-37)64-25-22-36(23-26-64)35-69-40-16-18-41(19-17-40)70-50-20-14-39(58(6,7)68)29-44(50)46-33-63(8)52(66)31-48-43(46)21-24-61-48/h13-20,29-30,33,36-37,43,45,48-49,51,54-55,61-62,68H,9-12,21-28,31,34-35H2,1-8H3. The van der Waals surface area contributed by atoms with Crippen LogP contribution in [-0.4, -0.2) is 102 Å². The molecule has 6 unspecified atom stereocenters. The Labute approximate surface area is 427 Å². The number of nitrogens with one attached hydrogen (secondary N) is 2. The average Bonchev–Trinajstić information content (AvgIpc) is 3.81. The number of carbonyl (C=O) groups is 2. The lowest BCUT2D eigenvalue weighted by molar-refractivity contribution is -0.208. The molecule has 3 aromatic carbocycles. The van der Waals surface area contributed by atoms with Gasteiger partial charge >= 0.3 is 0 Å². The number of aliphatic hydroxyl groups is 1. The van der Waals surface area contributed by atoms with Crippen LogP contribution in [0.4, 0.5) is 0 Å². The Hall–Kier alpha value is -4.64. The molecule has 71 heavy (non-hydrogen) atoms. The van der Waals surface area contributed by atoms with E-state index in [4.69, 9.17) is 25.8 Å². The van der Waals surface area contributed by atoms with Gasteiger partial charge in [-0.1, -0.05) is 78.0 Å². The Morgan fingerprint density at radius 3 is 2.30 bits per heavy atom. The largest absolute Gasteiger partial charge is 0.493 e. The molecule has 1 aliphatic carbocycles. The van der Waals surface area contributed by atoms with Crippen LogP contribution in [0, 0.1) is 45.8 Å². The smallest absolute Gasteiger partial charge is 0.227 e. The van der Waals surface area contributed by atoms with Gasteiger partial charge in [-0.3, -0.25) is 19.8 Å². The minimum atomic E-state index is -1.05. The van der Waals surface area contributed by atoms with Crippen LogP contribution in [-0.2, 0) is 15.2 Å². The third-order valence-electron chi connectivity index (χ3n) is 17.1. The van der Waals surface area contributed by atoms with Gasteiger partial charge in [0.2, 0.25) is 11.8 Å². The summed E-state index contributed by atoms with van der Waals surface area (Å²) < 4.78 is 19.7. The summed E-state index contributed by atoms with van der Waals surface area (Å²) in [6.07, 6.45) is 12.3. The van der Waals surface area contributed by atoms with Gasteiger partial charge in [0.15, 0.2) is 0 Å². The number of amides is 2. The number of piperidine rings is 1. The first-order valence-electron chi connectivity index (χ1n) is 26.5. The van der Waals surface area contributed by atoms with Crippen molar-refractivity contribution in [2.75, 3.05) is 39.8 Å². The minimum Gasteiger partial charge on any atom is -0.493 e. The van der Waals surface area contributed by atoms with Crippen molar-refractivity contribution in [3.63, 3.8) is 0 Å². The lowest BCUT2D eigenvalue weighted by Crippen LogP contribution is -2.75. The van der Waals surface area contributed by atoms with Crippen molar-refractivity contribution in [2.45, 2.75) is 149 Å². The average molecular weight is 990 g/mol. The fourth-order valence-electron chi connectivity index (χ4n) is 13.7. The molecular weight excluding hydrogens is 912 g/mol. The fraction of sp³-hybridized carbons (Fsp3) is 0.603. The zero-order valence-corrected chi connectivity index (χ0v) is 44.1. The molecule has 0 aromatic heterocycles. The molecule has 3 aromatic rings. The van der Waals surface area contributed by atoms with E-state index in [1.807, 2.05) is 61.8 Å². The second kappa shape index (κ2) is 20.7. The molecule has 6 aliphatic rings. The van der Waals surface area contributed by atoms with Gasteiger partial charge in [-0.2, -0.15) is 5.26 Å². The molecule has 5 aliphatic heterocycles. The Morgan fingerprint density at radius 2 is 1.61 bits per heavy atom. The van der Waals surface area contributed by atoms with E-state index in [9.17, 15) is 20.0 Å². The van der Waals surface area contributed by atoms with Gasteiger partial charge in [0, 0.05) is 85.8 Å². The van der Waals surface area contributed by atoms with Crippen molar-refractivity contribution in [3.8, 4) is 29.1 Å². The number of unbranched alkanes of at least 4 members (excludes halogenated alkanes) is 2. The maximum absolute atomic E-state index is 14.7. The maximum atomic E-state index is 14.7. The van der Waals surface area contributed by atoms with Gasteiger partial charge in [-0.05, 0) is 124 Å². The van der Waals surface area contributed by atoms with Crippen LogP contribution < -0.4 is 24.8 Å². The Bertz CT molecular complexity index is 2470. The summed E-state index contributed by atoms with van der Waals surface area (Å²) in [6, 6.07) is 21.3. The van der Waals surface area contributed by atoms with Crippen molar-refractivity contribution in [3.05, 3.63) is 88.6 Å². The molecule has 5 heterocycles. The topological polar surface area (TPSA) is 140 Å². The van der Waals surface area contributed by atoms with Gasteiger partial charge in [-0.15, -0.1) is 0 Å². The van der Waals surface area contributed by atoms with Crippen molar-refractivity contribution < 1.29 is 28.9 Å². The van der Waals surface area contributed by atoms with E-state index >= 15 is 0 Å². The molecular formula is C58H77ClN6O6. The molecule has 13 heteroatoms. The van der Waals surface area contributed by atoms with Crippen LogP contribution in [0.3, 0.4) is 0 Å². The van der Waals surface area contributed by atoms with E-state index in [0.29, 0.717) is 59.2 Å². The number of halogens is 1. The number of fused-ring (bicyclic) bond motifs is 2. The highest BCUT2D eigenvalue weighted by molar-refractivity contribution is 6.31. The third-order valence-corrected chi connectivity index (χ3v) is 17.4. The zero-order valence-electron chi connectivity index (χ0n) is 43.3. The van der Waals surface area contributed by atoms with Gasteiger partial charge in [0.05, 0.1) is 34.9 Å². The summed E-state index contributed by atoms with van der Waals surface area (Å²) in [4.78, 5) is 34.2. The van der Waals surface area contributed by atoms with Crippen LogP contribution in [0.25, 0.3) is 5.57 Å². The van der Waals surface area contributed by atoms with Gasteiger partial charge in [-0.25, -0.2) is 0 Å². The first-order valence-corrected chi connectivity index (χ1v) is 26.9. The third kappa shape index (κ3) is 10.6. The maximum Gasteiger partial charge on any atom is 0.227 e. The lowest BCUT2D eigenvalue weighted by atomic mass is 9.49. The fourth-order valence-corrected chi connectivity index (χ4v) is 13.9. The second-order valence-corrected chi connectivity index (χ2v) is 23.8. The number of nitrogens with zero attached hydrogens (tertiary/aromatic N) is 4. The molecule has 382 valence electrons. The van der Waals surface area contributed by atoms with Crippen LogP contribution in [0.5, 0.6) is 23.0 Å². The van der Waals surface area contributed by atoms with E-state index < -0.39 is 5.60 Å². The molecule has 9 rings (SSSR count). The highest BCUT2D eigenvalue weighted by Gasteiger charge is 2.68. The summed E-state index contributed by atoms with van der Waals surface area (Å²) in [6.45, 7) is 18.9. The number of rotatable bonds is 15. The molecule has 0 radical (unpaired) electrons. The SMILES string of the molecule is CCCCCC1CC2C(=O)N(C3C(C)(C)C(Oc4ccc(C#N)c(Cl)c4)C3(C)C)CC2NC(N2CCC(COc3ccc(Oc4ccc(C(C)(C)O)cc4C4=CN(C)C(=O)CC5NCCC45)cc3)CC2)C1. The first kappa shape index (κ1) is 51.3. The van der Waals surface area contributed by atoms with E-state index in [1.54, 1.807) is 30.9 Å². The molecule has 2 amide bonds. The summed E-state index contributed by atoms with van der Waals surface area (Å²) >= 11 is 6.40. The quantitative estimate of drug-likeness (QED) is 0.126. The van der Waals surface area contributed by atoms with Crippen LogP contribution in [0.2, 0.25) is 5.02 Å². The normalized spacial score (nSPS) is 28.8. The predicted octanol–water partition coefficient (Wildman–Crippen LogP) is 10.1. The van der Waals surface area contributed by atoms with Crippen molar-refractivity contribution in [1.82, 2.24) is 25.3 Å². The number of carbonyl (C=O) groups excluding carboxylic acids is 2. The van der Waals surface area contributed by atoms with Crippen molar-refractivity contribution in [2.24, 2.45) is 34.5 Å². The molecule has 6 atom stereocenters. The molecule has 4 saturated heterocycles. The van der Waals surface area contributed by atoms with Gasteiger partial charge in [0.1, 0.15) is 35.2 Å². The number of nitriles is 1.